The molecule has 0 spiro atoms. The molecule has 0 radical (unpaired) electrons. The van der Waals surface area contributed by atoms with Crippen LogP contribution in [0.25, 0.3) is 11.3 Å². The number of nitrogens with zero attached hydrogens (tertiary/aromatic N) is 3. The first-order valence-electron chi connectivity index (χ1n) is 10.7. The van der Waals surface area contributed by atoms with E-state index in [1.165, 1.54) is 12.8 Å². The summed E-state index contributed by atoms with van der Waals surface area (Å²) in [4.78, 5) is 0.359. The van der Waals surface area contributed by atoms with E-state index in [1.54, 1.807) is 10.5 Å². The van der Waals surface area contributed by atoms with Crippen LogP contribution >= 0.6 is 0 Å². The van der Waals surface area contributed by atoms with Crippen LogP contribution in [0.15, 0.2) is 41.4 Å². The highest BCUT2D eigenvalue weighted by Crippen LogP contribution is 2.34. The Balaban J connectivity index is 2.03. The van der Waals surface area contributed by atoms with Crippen molar-refractivity contribution in [2.24, 2.45) is 0 Å². The van der Waals surface area contributed by atoms with Gasteiger partial charge in [0.25, 0.3) is 0 Å². The fourth-order valence-corrected chi connectivity index (χ4v) is 5.54. The van der Waals surface area contributed by atoms with Gasteiger partial charge < -0.3 is 0 Å². The van der Waals surface area contributed by atoms with E-state index >= 15 is 0 Å². The molecule has 2 aromatic rings. The fourth-order valence-electron chi connectivity index (χ4n) is 3.88. The Morgan fingerprint density at radius 3 is 2.21 bits per heavy atom. The van der Waals surface area contributed by atoms with Crippen LogP contribution in [0.4, 0.5) is 0 Å². The number of unbranched alkanes of at least 4 members (excludes halogenated alkanes) is 2. The summed E-state index contributed by atoms with van der Waals surface area (Å²) in [7, 11) is -3.58. The van der Waals surface area contributed by atoms with Gasteiger partial charge in [-0.2, -0.15) is 9.40 Å². The van der Waals surface area contributed by atoms with Crippen LogP contribution in [0.1, 0.15) is 71.3 Å². The van der Waals surface area contributed by atoms with Crippen molar-refractivity contribution in [1.29, 1.82) is 0 Å². The fraction of sp³-hybridized carbons (Fsp3) is 0.591. The quantitative estimate of drug-likeness (QED) is 0.544. The molecule has 0 unspecified atom stereocenters. The molecule has 5 nitrogen and oxygen atoms in total. The second-order valence-corrected chi connectivity index (χ2v) is 9.64. The van der Waals surface area contributed by atoms with Crippen molar-refractivity contribution in [2.75, 3.05) is 13.1 Å². The molecule has 3 rings (SSSR count). The molecule has 0 aliphatic heterocycles. The summed E-state index contributed by atoms with van der Waals surface area (Å²) in [6.45, 7) is 5.33. The molecule has 1 aliphatic carbocycles. The van der Waals surface area contributed by atoms with E-state index in [4.69, 9.17) is 5.10 Å². The summed E-state index contributed by atoms with van der Waals surface area (Å²) < 4.78 is 30.9. The normalized spacial score (nSPS) is 15.5. The number of aromatic nitrogens is 2. The Labute approximate surface area is 169 Å². The lowest BCUT2D eigenvalue weighted by Crippen LogP contribution is -2.33. The number of hydrogen-bond donors (Lipinski definition) is 0. The molecule has 1 aliphatic rings. The van der Waals surface area contributed by atoms with Gasteiger partial charge in [0.15, 0.2) is 0 Å². The first kappa shape index (κ1) is 21.1. The van der Waals surface area contributed by atoms with Crippen molar-refractivity contribution in [3.05, 3.63) is 36.5 Å². The molecule has 0 saturated heterocycles. The highest BCUT2D eigenvalue weighted by molar-refractivity contribution is 7.89. The van der Waals surface area contributed by atoms with Gasteiger partial charge in [0.05, 0.1) is 6.04 Å². The smallest absolute Gasteiger partial charge is 0.246 e. The van der Waals surface area contributed by atoms with Gasteiger partial charge in [0.2, 0.25) is 10.0 Å². The highest BCUT2D eigenvalue weighted by Gasteiger charge is 2.31. The Morgan fingerprint density at radius 2 is 1.64 bits per heavy atom. The maximum Gasteiger partial charge on any atom is 0.246 e. The predicted molar refractivity (Wildman–Crippen MR) is 114 cm³/mol. The van der Waals surface area contributed by atoms with Gasteiger partial charge in [-0.25, -0.2) is 8.42 Å². The van der Waals surface area contributed by atoms with Gasteiger partial charge in [-0.3, -0.25) is 4.68 Å². The monoisotopic (exact) mass is 403 g/mol. The molecule has 1 aromatic heterocycles. The maximum atomic E-state index is 13.6. The van der Waals surface area contributed by atoms with Crippen LogP contribution in [0.5, 0.6) is 0 Å². The molecule has 0 amide bonds. The lowest BCUT2D eigenvalue weighted by atomic mass is 10.2. The zero-order valence-electron chi connectivity index (χ0n) is 17.2. The van der Waals surface area contributed by atoms with E-state index in [0.29, 0.717) is 29.7 Å². The largest absolute Gasteiger partial charge is 0.268 e. The first-order chi connectivity index (χ1) is 13.6. The van der Waals surface area contributed by atoms with E-state index in [-0.39, 0.29) is 0 Å². The van der Waals surface area contributed by atoms with Crippen molar-refractivity contribution >= 4 is 10.0 Å². The second kappa shape index (κ2) is 9.70. The van der Waals surface area contributed by atoms with Crippen molar-refractivity contribution in [1.82, 2.24) is 14.1 Å². The third-order valence-corrected chi connectivity index (χ3v) is 7.48. The molecule has 1 saturated carbocycles. The SMILES string of the molecule is CCCCN(CCCC)S(=O)(=O)c1cn(C2CCCC2)nc1-c1ccccc1. The van der Waals surface area contributed by atoms with Crippen molar-refractivity contribution in [3.8, 4) is 11.3 Å². The molecular formula is C22H33N3O2S. The molecule has 28 heavy (non-hydrogen) atoms. The maximum absolute atomic E-state index is 13.6. The van der Waals surface area contributed by atoms with Gasteiger partial charge in [0.1, 0.15) is 10.6 Å². The zero-order chi connectivity index (χ0) is 20.0. The van der Waals surface area contributed by atoms with Crippen LogP contribution in [-0.2, 0) is 10.0 Å². The highest BCUT2D eigenvalue weighted by atomic mass is 32.2. The molecule has 154 valence electrons. The third kappa shape index (κ3) is 4.66. The summed E-state index contributed by atoms with van der Waals surface area (Å²) in [6, 6.07) is 10.0. The lowest BCUT2D eigenvalue weighted by molar-refractivity contribution is 0.395. The lowest BCUT2D eigenvalue weighted by Gasteiger charge is -2.21. The zero-order valence-corrected chi connectivity index (χ0v) is 18.0. The number of rotatable bonds is 10. The van der Waals surface area contributed by atoms with Crippen molar-refractivity contribution in [3.63, 3.8) is 0 Å². The Kier molecular flexibility index (Phi) is 7.30. The third-order valence-electron chi connectivity index (χ3n) is 5.58. The summed E-state index contributed by atoms with van der Waals surface area (Å²) in [5.74, 6) is 0. The summed E-state index contributed by atoms with van der Waals surface area (Å²) in [5.41, 5.74) is 1.45. The van der Waals surface area contributed by atoms with E-state index in [2.05, 4.69) is 13.8 Å². The van der Waals surface area contributed by atoms with Crippen LogP contribution in [-0.4, -0.2) is 35.6 Å². The number of sulfonamides is 1. The van der Waals surface area contributed by atoms with E-state index in [0.717, 1.165) is 44.1 Å². The van der Waals surface area contributed by atoms with Crippen molar-refractivity contribution in [2.45, 2.75) is 76.2 Å². The summed E-state index contributed by atoms with van der Waals surface area (Å²) in [6.07, 6.45) is 10.0. The van der Waals surface area contributed by atoms with Gasteiger partial charge in [-0.15, -0.1) is 0 Å². The topological polar surface area (TPSA) is 55.2 Å². The molecule has 1 fully saturated rings. The molecular weight excluding hydrogens is 370 g/mol. The van der Waals surface area contributed by atoms with Gasteiger partial charge in [-0.1, -0.05) is 69.9 Å². The molecule has 0 N–H and O–H groups in total. The minimum Gasteiger partial charge on any atom is -0.268 e. The van der Waals surface area contributed by atoms with Gasteiger partial charge in [0, 0.05) is 24.8 Å². The van der Waals surface area contributed by atoms with Crippen LogP contribution in [0.2, 0.25) is 0 Å². The molecule has 0 atom stereocenters. The number of benzene rings is 1. The summed E-state index contributed by atoms with van der Waals surface area (Å²) in [5, 5.41) is 4.78. The number of hydrogen-bond acceptors (Lipinski definition) is 3. The van der Waals surface area contributed by atoms with Crippen LogP contribution < -0.4 is 0 Å². The first-order valence-corrected chi connectivity index (χ1v) is 12.2. The molecule has 1 aromatic carbocycles. The second-order valence-electron chi connectivity index (χ2n) is 7.74. The summed E-state index contributed by atoms with van der Waals surface area (Å²) >= 11 is 0. The van der Waals surface area contributed by atoms with E-state index in [1.807, 2.05) is 35.0 Å². The molecule has 6 heteroatoms. The average Bonchev–Trinajstić information content (AvgIpc) is 3.38. The Hall–Kier alpha value is -1.66. The van der Waals surface area contributed by atoms with Crippen LogP contribution in [0, 0.1) is 0 Å². The Bertz CT molecular complexity index is 832. The van der Waals surface area contributed by atoms with E-state index < -0.39 is 10.0 Å². The van der Waals surface area contributed by atoms with Crippen molar-refractivity contribution < 1.29 is 8.42 Å². The van der Waals surface area contributed by atoms with E-state index in [9.17, 15) is 8.42 Å². The Morgan fingerprint density at radius 1 is 1.04 bits per heavy atom. The minimum atomic E-state index is -3.58. The molecule has 0 bridgehead atoms. The molecule has 1 heterocycles. The average molecular weight is 404 g/mol. The predicted octanol–water partition coefficient (Wildman–Crippen LogP) is 5.26. The van der Waals surface area contributed by atoms with Crippen LogP contribution in [0.3, 0.4) is 0 Å². The minimum absolute atomic E-state index is 0.311. The standard InChI is InChI=1S/C22H33N3O2S/c1-3-5-16-24(17-6-4-2)28(26,27)21-18-25(20-14-10-11-15-20)23-22(21)19-12-8-7-9-13-19/h7-9,12-13,18,20H,3-6,10-11,14-17H2,1-2H3. The van der Waals surface area contributed by atoms with Gasteiger partial charge in [-0.05, 0) is 25.7 Å². The van der Waals surface area contributed by atoms with Gasteiger partial charge >= 0.3 is 0 Å².